The van der Waals surface area contributed by atoms with E-state index in [1.54, 1.807) is 7.05 Å². The van der Waals surface area contributed by atoms with E-state index in [4.69, 9.17) is 9.72 Å². The first-order valence-electron chi connectivity index (χ1n) is 10.5. The van der Waals surface area contributed by atoms with Crippen molar-refractivity contribution >= 4 is 40.3 Å². The normalized spacial score (nSPS) is 12.0. The Morgan fingerprint density at radius 2 is 1.88 bits per heavy atom. The molecule has 0 aliphatic carbocycles. The maximum Gasteiger partial charge on any atom is 0.327 e. The summed E-state index contributed by atoms with van der Waals surface area (Å²) in [6, 6.07) is 19.2. The van der Waals surface area contributed by atoms with Crippen LogP contribution in [0.2, 0.25) is 0 Å². The SMILES string of the molecule is CCO[C@@H](C)Cc1ccc(-c2cccc(N(C)C(=O)Nc3cccc4nsnc34)n2)cc1. The maximum absolute atomic E-state index is 12.8. The standard InChI is InChI=1S/C24H25N5O2S/c1-4-31-16(2)15-17-11-13-18(14-12-17)19-7-6-10-22(25-19)29(3)24(30)26-20-8-5-9-21-23(20)28-32-27-21/h5-14,16H,4,15H2,1-3H3,(H,26,30)/t16-/m0/s1. The van der Waals surface area contributed by atoms with E-state index >= 15 is 0 Å². The van der Waals surface area contributed by atoms with Crippen molar-refractivity contribution in [2.45, 2.75) is 26.4 Å². The Labute approximate surface area is 191 Å². The zero-order valence-corrected chi connectivity index (χ0v) is 19.1. The first-order valence-corrected chi connectivity index (χ1v) is 11.2. The third kappa shape index (κ3) is 4.92. The zero-order valence-electron chi connectivity index (χ0n) is 18.3. The molecule has 7 nitrogen and oxygen atoms in total. The highest BCUT2D eigenvalue weighted by Crippen LogP contribution is 2.24. The topological polar surface area (TPSA) is 80.2 Å². The van der Waals surface area contributed by atoms with Crippen molar-refractivity contribution in [2.24, 2.45) is 0 Å². The van der Waals surface area contributed by atoms with Crippen LogP contribution >= 0.6 is 11.7 Å². The van der Waals surface area contributed by atoms with Crippen LogP contribution < -0.4 is 10.2 Å². The van der Waals surface area contributed by atoms with E-state index in [9.17, 15) is 4.79 Å². The smallest absolute Gasteiger partial charge is 0.327 e. The Morgan fingerprint density at radius 1 is 1.09 bits per heavy atom. The number of urea groups is 1. The summed E-state index contributed by atoms with van der Waals surface area (Å²) in [4.78, 5) is 19.0. The molecular weight excluding hydrogens is 422 g/mol. The molecule has 0 fully saturated rings. The molecule has 0 saturated carbocycles. The lowest BCUT2D eigenvalue weighted by atomic mass is 10.0. The van der Waals surface area contributed by atoms with Crippen LogP contribution in [0, 0.1) is 0 Å². The number of amides is 2. The molecule has 1 N–H and O–H groups in total. The molecule has 0 bridgehead atoms. The van der Waals surface area contributed by atoms with Crippen molar-refractivity contribution in [1.82, 2.24) is 13.7 Å². The lowest BCUT2D eigenvalue weighted by Gasteiger charge is -2.18. The summed E-state index contributed by atoms with van der Waals surface area (Å²) in [7, 11) is 1.69. The number of aromatic nitrogens is 3. The highest BCUT2D eigenvalue weighted by Gasteiger charge is 2.15. The number of ether oxygens (including phenoxy) is 1. The van der Waals surface area contributed by atoms with Gasteiger partial charge in [0.1, 0.15) is 16.9 Å². The molecule has 0 saturated heterocycles. The summed E-state index contributed by atoms with van der Waals surface area (Å²) in [5, 5.41) is 2.90. The van der Waals surface area contributed by atoms with Crippen LogP contribution in [0.25, 0.3) is 22.3 Å². The molecule has 0 spiro atoms. The number of carbonyl (C=O) groups excluding carboxylic acids is 1. The fourth-order valence-electron chi connectivity index (χ4n) is 3.47. The number of nitrogens with zero attached hydrogens (tertiary/aromatic N) is 4. The van der Waals surface area contributed by atoms with E-state index in [-0.39, 0.29) is 12.1 Å². The third-order valence-electron chi connectivity index (χ3n) is 5.13. The molecule has 0 aliphatic heterocycles. The Morgan fingerprint density at radius 3 is 2.66 bits per heavy atom. The van der Waals surface area contributed by atoms with Gasteiger partial charge in [0, 0.05) is 19.2 Å². The molecule has 0 radical (unpaired) electrons. The van der Waals surface area contributed by atoms with E-state index in [2.05, 4.69) is 45.3 Å². The monoisotopic (exact) mass is 447 g/mol. The van der Waals surface area contributed by atoms with Crippen LogP contribution in [-0.2, 0) is 11.2 Å². The molecule has 2 aromatic heterocycles. The minimum absolute atomic E-state index is 0.186. The van der Waals surface area contributed by atoms with Crippen molar-refractivity contribution in [3.8, 4) is 11.3 Å². The van der Waals surface area contributed by atoms with E-state index in [1.807, 2.05) is 43.3 Å². The van der Waals surface area contributed by atoms with Gasteiger partial charge < -0.3 is 10.1 Å². The average molecular weight is 448 g/mol. The fraction of sp³-hybridized carbons (Fsp3) is 0.250. The molecule has 2 heterocycles. The second-order valence-corrected chi connectivity index (χ2v) is 8.00. The molecule has 2 aromatic carbocycles. The Hall–Kier alpha value is -3.36. The molecule has 164 valence electrons. The Bertz CT molecular complexity index is 1210. The van der Waals surface area contributed by atoms with E-state index in [0.29, 0.717) is 23.6 Å². The predicted octanol–water partition coefficient (Wildman–Crippen LogP) is 5.39. The van der Waals surface area contributed by atoms with Gasteiger partial charge >= 0.3 is 6.03 Å². The highest BCUT2D eigenvalue weighted by molar-refractivity contribution is 7.00. The Kier molecular flexibility index (Phi) is 6.72. The lowest BCUT2D eigenvalue weighted by Crippen LogP contribution is -2.31. The van der Waals surface area contributed by atoms with Crippen molar-refractivity contribution in [2.75, 3.05) is 23.9 Å². The van der Waals surface area contributed by atoms with E-state index < -0.39 is 0 Å². The number of anilines is 2. The summed E-state index contributed by atoms with van der Waals surface area (Å²) in [5.74, 6) is 0.553. The number of nitrogens with one attached hydrogen (secondary N) is 1. The molecule has 8 heteroatoms. The van der Waals surface area contributed by atoms with Crippen molar-refractivity contribution < 1.29 is 9.53 Å². The van der Waals surface area contributed by atoms with Crippen LogP contribution in [0.15, 0.2) is 60.7 Å². The molecule has 0 unspecified atom stereocenters. The quantitative estimate of drug-likeness (QED) is 0.411. The zero-order chi connectivity index (χ0) is 22.5. The second kappa shape index (κ2) is 9.84. The molecular formula is C24H25N5O2S. The molecule has 2 amide bonds. The van der Waals surface area contributed by atoms with Gasteiger partial charge in [-0.2, -0.15) is 8.75 Å². The summed E-state index contributed by atoms with van der Waals surface area (Å²) in [6.07, 6.45) is 1.05. The average Bonchev–Trinajstić information content (AvgIpc) is 3.29. The van der Waals surface area contributed by atoms with E-state index in [0.717, 1.165) is 34.9 Å². The number of fused-ring (bicyclic) bond motifs is 1. The van der Waals surface area contributed by atoms with Crippen LogP contribution in [0.1, 0.15) is 19.4 Å². The number of rotatable bonds is 7. The summed E-state index contributed by atoms with van der Waals surface area (Å²) in [6.45, 7) is 4.80. The van der Waals surface area contributed by atoms with Gasteiger partial charge in [-0.15, -0.1) is 0 Å². The van der Waals surface area contributed by atoms with Gasteiger partial charge in [-0.25, -0.2) is 9.78 Å². The number of pyridine rings is 1. The largest absolute Gasteiger partial charge is 0.378 e. The van der Waals surface area contributed by atoms with Gasteiger partial charge in [-0.1, -0.05) is 36.4 Å². The van der Waals surface area contributed by atoms with Gasteiger partial charge in [-0.3, -0.25) is 4.90 Å². The molecule has 0 aliphatic rings. The van der Waals surface area contributed by atoms with Crippen LogP contribution in [-0.4, -0.2) is 39.5 Å². The van der Waals surface area contributed by atoms with Gasteiger partial charge in [0.15, 0.2) is 0 Å². The van der Waals surface area contributed by atoms with Gasteiger partial charge in [-0.05, 0) is 50.1 Å². The molecule has 4 rings (SSSR count). The predicted molar refractivity (Wildman–Crippen MR) is 129 cm³/mol. The Balaban J connectivity index is 1.48. The molecule has 32 heavy (non-hydrogen) atoms. The van der Waals surface area contributed by atoms with Crippen LogP contribution in [0.5, 0.6) is 0 Å². The lowest BCUT2D eigenvalue weighted by molar-refractivity contribution is 0.0768. The van der Waals surface area contributed by atoms with E-state index in [1.165, 1.54) is 10.5 Å². The number of benzene rings is 2. The summed E-state index contributed by atoms with van der Waals surface area (Å²) < 4.78 is 14.1. The second-order valence-electron chi connectivity index (χ2n) is 7.47. The summed E-state index contributed by atoms with van der Waals surface area (Å²) in [5.41, 5.74) is 5.08. The number of hydrogen-bond acceptors (Lipinski definition) is 6. The summed E-state index contributed by atoms with van der Waals surface area (Å²) >= 11 is 1.12. The highest BCUT2D eigenvalue weighted by atomic mass is 32.1. The molecule has 1 atom stereocenters. The molecule has 4 aromatic rings. The van der Waals surface area contributed by atoms with Crippen LogP contribution in [0.4, 0.5) is 16.3 Å². The number of hydrogen-bond donors (Lipinski definition) is 1. The van der Waals surface area contributed by atoms with Crippen molar-refractivity contribution in [1.29, 1.82) is 0 Å². The van der Waals surface area contributed by atoms with Crippen molar-refractivity contribution in [3.05, 3.63) is 66.2 Å². The van der Waals surface area contributed by atoms with Gasteiger partial charge in [0.2, 0.25) is 0 Å². The fourth-order valence-corrected chi connectivity index (χ4v) is 4.02. The number of carbonyl (C=O) groups is 1. The first kappa shape index (κ1) is 21.9. The minimum atomic E-state index is -0.296. The van der Waals surface area contributed by atoms with Gasteiger partial charge in [0.05, 0.1) is 29.2 Å². The minimum Gasteiger partial charge on any atom is -0.378 e. The maximum atomic E-state index is 12.8. The van der Waals surface area contributed by atoms with Gasteiger partial charge in [0.25, 0.3) is 0 Å². The van der Waals surface area contributed by atoms with Crippen LogP contribution in [0.3, 0.4) is 0 Å². The van der Waals surface area contributed by atoms with Crippen molar-refractivity contribution in [3.63, 3.8) is 0 Å². The third-order valence-corrected chi connectivity index (χ3v) is 5.68. The first-order chi connectivity index (χ1) is 15.5.